The van der Waals surface area contributed by atoms with Crippen molar-refractivity contribution < 1.29 is 17.6 Å². The second-order valence-corrected chi connectivity index (χ2v) is 9.68. The van der Waals surface area contributed by atoms with Crippen LogP contribution >= 0.6 is 0 Å². The summed E-state index contributed by atoms with van der Waals surface area (Å²) < 4.78 is 41.6. The number of hydrogen-bond donors (Lipinski definition) is 2. The van der Waals surface area contributed by atoms with Gasteiger partial charge in [-0.2, -0.15) is 4.72 Å². The Balaban J connectivity index is 1.58. The van der Waals surface area contributed by atoms with Crippen LogP contribution in [0.25, 0.3) is 0 Å². The molecule has 3 aromatic carbocycles. The zero-order chi connectivity index (χ0) is 22.6. The van der Waals surface area contributed by atoms with Gasteiger partial charge < -0.3 is 5.32 Å². The summed E-state index contributed by atoms with van der Waals surface area (Å²) in [4.78, 5) is 13.2. The van der Waals surface area contributed by atoms with Gasteiger partial charge in [0.15, 0.2) is 0 Å². The first-order valence-corrected chi connectivity index (χ1v) is 12.1. The summed E-state index contributed by atoms with van der Waals surface area (Å²) in [5.74, 6) is -0.917. The first-order chi connectivity index (χ1) is 15.4. The van der Waals surface area contributed by atoms with Gasteiger partial charge in [0.2, 0.25) is 15.9 Å². The normalized spacial score (nSPS) is 16.7. The highest BCUT2D eigenvalue weighted by Crippen LogP contribution is 2.29. The summed E-state index contributed by atoms with van der Waals surface area (Å²) in [6.45, 7) is 0. The van der Waals surface area contributed by atoms with Crippen molar-refractivity contribution in [3.8, 4) is 0 Å². The van der Waals surface area contributed by atoms with Crippen molar-refractivity contribution in [2.45, 2.75) is 42.7 Å². The molecule has 0 aliphatic heterocycles. The fourth-order valence-electron chi connectivity index (χ4n) is 4.08. The van der Waals surface area contributed by atoms with Crippen molar-refractivity contribution >= 4 is 15.9 Å². The maximum atomic E-state index is 13.3. The van der Waals surface area contributed by atoms with E-state index in [2.05, 4.69) is 16.1 Å². The van der Waals surface area contributed by atoms with Gasteiger partial charge in [-0.3, -0.25) is 4.79 Å². The van der Waals surface area contributed by atoms with Crippen LogP contribution in [0.2, 0.25) is 0 Å². The van der Waals surface area contributed by atoms with E-state index in [0.29, 0.717) is 0 Å². The number of nitrogens with one attached hydrogen (secondary N) is 2. The lowest BCUT2D eigenvalue weighted by Gasteiger charge is -2.28. The van der Waals surface area contributed by atoms with Crippen LogP contribution in [-0.4, -0.2) is 20.4 Å². The molecule has 0 bridgehead atoms. The van der Waals surface area contributed by atoms with Crippen LogP contribution in [0, 0.1) is 5.82 Å². The molecule has 0 saturated carbocycles. The standard InChI is InChI=1S/C25H25FN2O3S/c26-20-13-15-21(16-14-20)32(30,31)28-24(17-18-7-2-1-3-8-18)25(29)27-23-12-6-10-19-9-4-5-11-22(19)23/h1-5,7-9,11,13-16,23-24,28H,6,10,12,17H2,(H,27,29)/t23-,24-/m1/s1. The molecule has 0 heterocycles. The van der Waals surface area contributed by atoms with Crippen LogP contribution in [-0.2, 0) is 27.7 Å². The van der Waals surface area contributed by atoms with Crippen LogP contribution in [0.3, 0.4) is 0 Å². The van der Waals surface area contributed by atoms with E-state index in [1.807, 2.05) is 48.5 Å². The van der Waals surface area contributed by atoms with E-state index in [9.17, 15) is 17.6 Å². The maximum absolute atomic E-state index is 13.3. The molecule has 0 radical (unpaired) electrons. The Kier molecular flexibility index (Phi) is 6.67. The lowest BCUT2D eigenvalue weighted by molar-refractivity contribution is -0.123. The average Bonchev–Trinajstić information content (AvgIpc) is 2.80. The van der Waals surface area contributed by atoms with Crippen LogP contribution in [0.5, 0.6) is 0 Å². The number of sulfonamides is 1. The number of carbonyl (C=O) groups is 1. The van der Waals surface area contributed by atoms with Gasteiger partial charge in [0, 0.05) is 0 Å². The Hall–Kier alpha value is -3.03. The molecule has 1 amide bonds. The molecule has 2 atom stereocenters. The van der Waals surface area contributed by atoms with Crippen molar-refractivity contribution in [2.75, 3.05) is 0 Å². The third-order valence-electron chi connectivity index (χ3n) is 5.71. The second kappa shape index (κ2) is 9.63. The predicted octanol–water partition coefficient (Wildman–Crippen LogP) is 3.91. The first kappa shape index (κ1) is 22.2. The molecule has 7 heteroatoms. The molecule has 0 aromatic heterocycles. The third-order valence-corrected chi connectivity index (χ3v) is 7.19. The number of aryl methyl sites for hydroxylation is 1. The smallest absolute Gasteiger partial charge is 0.241 e. The molecular formula is C25H25FN2O3S. The van der Waals surface area contributed by atoms with Crippen molar-refractivity contribution in [1.29, 1.82) is 0 Å². The van der Waals surface area contributed by atoms with E-state index in [0.717, 1.165) is 42.5 Å². The highest BCUT2D eigenvalue weighted by molar-refractivity contribution is 7.89. The Labute approximate surface area is 187 Å². The summed E-state index contributed by atoms with van der Waals surface area (Å²) in [6.07, 6.45) is 2.91. The summed E-state index contributed by atoms with van der Waals surface area (Å²) in [5, 5.41) is 3.05. The van der Waals surface area contributed by atoms with Gasteiger partial charge in [0.1, 0.15) is 11.9 Å². The highest BCUT2D eigenvalue weighted by Gasteiger charge is 2.29. The van der Waals surface area contributed by atoms with Crippen LogP contribution in [0.15, 0.2) is 83.8 Å². The van der Waals surface area contributed by atoms with E-state index in [-0.39, 0.29) is 23.3 Å². The highest BCUT2D eigenvalue weighted by atomic mass is 32.2. The molecule has 32 heavy (non-hydrogen) atoms. The molecule has 0 unspecified atom stereocenters. The Bertz CT molecular complexity index is 1180. The lowest BCUT2D eigenvalue weighted by atomic mass is 9.87. The van der Waals surface area contributed by atoms with Gasteiger partial charge >= 0.3 is 0 Å². The van der Waals surface area contributed by atoms with Gasteiger partial charge in [-0.05, 0) is 66.6 Å². The van der Waals surface area contributed by atoms with E-state index >= 15 is 0 Å². The minimum atomic E-state index is -4.02. The monoisotopic (exact) mass is 452 g/mol. The van der Waals surface area contributed by atoms with Gasteiger partial charge in [-0.25, -0.2) is 12.8 Å². The molecule has 2 N–H and O–H groups in total. The van der Waals surface area contributed by atoms with E-state index in [1.54, 1.807) is 0 Å². The fourth-order valence-corrected chi connectivity index (χ4v) is 5.28. The largest absolute Gasteiger partial charge is 0.348 e. The van der Waals surface area contributed by atoms with E-state index in [1.165, 1.54) is 17.7 Å². The molecular weight excluding hydrogens is 427 g/mol. The summed E-state index contributed by atoms with van der Waals surface area (Å²) in [6, 6.07) is 20.6. The maximum Gasteiger partial charge on any atom is 0.241 e. The average molecular weight is 453 g/mol. The first-order valence-electron chi connectivity index (χ1n) is 10.6. The van der Waals surface area contributed by atoms with Gasteiger partial charge in [-0.1, -0.05) is 54.6 Å². The topological polar surface area (TPSA) is 75.3 Å². The zero-order valence-corrected chi connectivity index (χ0v) is 18.3. The molecule has 0 spiro atoms. The number of halogens is 1. The van der Waals surface area contributed by atoms with Crippen molar-refractivity contribution in [3.63, 3.8) is 0 Å². The summed E-state index contributed by atoms with van der Waals surface area (Å²) in [5.41, 5.74) is 3.11. The minimum Gasteiger partial charge on any atom is -0.348 e. The van der Waals surface area contributed by atoms with Gasteiger partial charge in [-0.15, -0.1) is 0 Å². The van der Waals surface area contributed by atoms with E-state index in [4.69, 9.17) is 0 Å². The van der Waals surface area contributed by atoms with E-state index < -0.39 is 21.9 Å². The number of hydrogen-bond acceptors (Lipinski definition) is 3. The molecule has 1 aliphatic rings. The van der Waals surface area contributed by atoms with Crippen molar-refractivity contribution in [3.05, 3.63) is 101 Å². The number of fused-ring (bicyclic) bond motifs is 1. The number of carbonyl (C=O) groups excluding carboxylic acids is 1. The third kappa shape index (κ3) is 5.23. The number of benzene rings is 3. The summed E-state index contributed by atoms with van der Waals surface area (Å²) in [7, 11) is -4.02. The molecule has 4 rings (SSSR count). The molecule has 0 saturated heterocycles. The van der Waals surface area contributed by atoms with Crippen molar-refractivity contribution in [1.82, 2.24) is 10.0 Å². The molecule has 166 valence electrons. The SMILES string of the molecule is O=C(N[C@@H]1CCCc2ccccc21)[C@@H](Cc1ccccc1)NS(=O)(=O)c1ccc(F)cc1. The fraction of sp³-hybridized carbons (Fsp3) is 0.240. The summed E-state index contributed by atoms with van der Waals surface area (Å²) >= 11 is 0. The zero-order valence-electron chi connectivity index (χ0n) is 17.5. The van der Waals surface area contributed by atoms with Crippen molar-refractivity contribution in [2.24, 2.45) is 0 Å². The quantitative estimate of drug-likeness (QED) is 0.571. The molecule has 1 aliphatic carbocycles. The van der Waals surface area contributed by atoms with Crippen LogP contribution in [0.1, 0.15) is 35.6 Å². The lowest BCUT2D eigenvalue weighted by Crippen LogP contribution is -2.49. The Morgan fingerprint density at radius 1 is 0.969 bits per heavy atom. The predicted molar refractivity (Wildman–Crippen MR) is 121 cm³/mol. The Morgan fingerprint density at radius 3 is 2.41 bits per heavy atom. The molecule has 0 fully saturated rings. The minimum absolute atomic E-state index is 0.0900. The van der Waals surface area contributed by atoms with Gasteiger partial charge in [0.05, 0.1) is 10.9 Å². The number of rotatable bonds is 7. The Morgan fingerprint density at radius 2 is 1.66 bits per heavy atom. The van der Waals surface area contributed by atoms with Gasteiger partial charge in [0.25, 0.3) is 0 Å². The van der Waals surface area contributed by atoms with Crippen LogP contribution in [0.4, 0.5) is 4.39 Å². The number of amides is 1. The second-order valence-electron chi connectivity index (χ2n) is 7.97. The van der Waals surface area contributed by atoms with Crippen LogP contribution < -0.4 is 10.0 Å². The molecule has 3 aromatic rings. The molecule has 5 nitrogen and oxygen atoms in total.